The fourth-order valence-corrected chi connectivity index (χ4v) is 4.06. The zero-order chi connectivity index (χ0) is 14.7. The van der Waals surface area contributed by atoms with Crippen molar-refractivity contribution in [3.63, 3.8) is 0 Å². The summed E-state index contributed by atoms with van der Waals surface area (Å²) < 4.78 is 3.33. The van der Waals surface area contributed by atoms with Crippen molar-refractivity contribution < 1.29 is 0 Å². The maximum absolute atomic E-state index is 4.56. The highest BCUT2D eigenvalue weighted by molar-refractivity contribution is 9.10. The molecule has 4 heteroatoms. The summed E-state index contributed by atoms with van der Waals surface area (Å²) in [5, 5.41) is 8.28. The SMILES string of the molecule is CCNC(c1c(Br)cnn1C(C)C)C1CCCC(C)C1. The van der Waals surface area contributed by atoms with E-state index in [2.05, 4.69) is 58.7 Å². The van der Waals surface area contributed by atoms with Crippen LogP contribution in [0.3, 0.4) is 0 Å². The van der Waals surface area contributed by atoms with Crippen LogP contribution in [0, 0.1) is 11.8 Å². The summed E-state index contributed by atoms with van der Waals surface area (Å²) in [6, 6.07) is 0.820. The van der Waals surface area contributed by atoms with Gasteiger partial charge < -0.3 is 5.32 Å². The molecule has 0 bridgehead atoms. The highest BCUT2D eigenvalue weighted by Crippen LogP contribution is 2.39. The maximum atomic E-state index is 4.56. The first-order valence-electron chi connectivity index (χ1n) is 8.00. The lowest BCUT2D eigenvalue weighted by atomic mass is 9.77. The summed E-state index contributed by atoms with van der Waals surface area (Å²) in [6.07, 6.45) is 7.36. The van der Waals surface area contributed by atoms with E-state index >= 15 is 0 Å². The van der Waals surface area contributed by atoms with Crippen LogP contribution in [-0.2, 0) is 0 Å². The molecule has 1 aromatic rings. The molecule has 1 heterocycles. The average Bonchev–Trinajstić information content (AvgIpc) is 2.78. The molecular formula is C16H28BrN3. The number of hydrogen-bond acceptors (Lipinski definition) is 2. The first-order chi connectivity index (χ1) is 9.54. The number of hydrogen-bond donors (Lipinski definition) is 1. The molecule has 0 radical (unpaired) electrons. The third-order valence-electron chi connectivity index (χ3n) is 4.44. The molecule has 1 saturated carbocycles. The van der Waals surface area contributed by atoms with Crippen LogP contribution in [-0.4, -0.2) is 16.3 Å². The van der Waals surface area contributed by atoms with E-state index < -0.39 is 0 Å². The lowest BCUT2D eigenvalue weighted by Gasteiger charge is -2.34. The molecular weight excluding hydrogens is 314 g/mol. The van der Waals surface area contributed by atoms with Crippen LogP contribution in [0.2, 0.25) is 0 Å². The number of halogens is 1. The minimum Gasteiger partial charge on any atom is -0.309 e. The Balaban J connectivity index is 2.30. The van der Waals surface area contributed by atoms with E-state index in [1.54, 1.807) is 0 Å². The number of nitrogens with one attached hydrogen (secondary N) is 1. The van der Waals surface area contributed by atoms with Crippen LogP contribution >= 0.6 is 15.9 Å². The second-order valence-electron chi connectivity index (χ2n) is 6.48. The smallest absolute Gasteiger partial charge is 0.0701 e. The zero-order valence-corrected chi connectivity index (χ0v) is 14.8. The monoisotopic (exact) mass is 341 g/mol. The normalized spacial score (nSPS) is 25.1. The highest BCUT2D eigenvalue weighted by atomic mass is 79.9. The van der Waals surface area contributed by atoms with Crippen molar-refractivity contribution in [1.29, 1.82) is 0 Å². The van der Waals surface area contributed by atoms with Gasteiger partial charge in [-0.2, -0.15) is 5.10 Å². The van der Waals surface area contributed by atoms with Crippen LogP contribution < -0.4 is 5.32 Å². The van der Waals surface area contributed by atoms with Crippen molar-refractivity contribution in [3.05, 3.63) is 16.4 Å². The van der Waals surface area contributed by atoms with Crippen molar-refractivity contribution >= 4 is 15.9 Å². The number of nitrogens with zero attached hydrogens (tertiary/aromatic N) is 2. The standard InChI is InChI=1S/C16H28BrN3/c1-5-18-15(13-8-6-7-12(4)9-13)16-14(17)10-19-20(16)11(2)3/h10-13,15,18H,5-9H2,1-4H3. The van der Waals surface area contributed by atoms with Gasteiger partial charge in [0.2, 0.25) is 0 Å². The first kappa shape index (κ1) is 16.0. The maximum Gasteiger partial charge on any atom is 0.0701 e. The fourth-order valence-electron chi connectivity index (χ4n) is 3.54. The lowest BCUT2D eigenvalue weighted by molar-refractivity contribution is 0.216. The van der Waals surface area contributed by atoms with Gasteiger partial charge in [0, 0.05) is 6.04 Å². The fraction of sp³-hybridized carbons (Fsp3) is 0.812. The predicted molar refractivity (Wildman–Crippen MR) is 87.9 cm³/mol. The quantitative estimate of drug-likeness (QED) is 0.840. The Kier molecular flexibility index (Phi) is 5.67. The second kappa shape index (κ2) is 7.08. The molecule has 0 saturated heterocycles. The van der Waals surface area contributed by atoms with Gasteiger partial charge in [-0.3, -0.25) is 4.68 Å². The van der Waals surface area contributed by atoms with E-state index in [1.165, 1.54) is 31.4 Å². The molecule has 3 unspecified atom stereocenters. The molecule has 0 spiro atoms. The van der Waals surface area contributed by atoms with Gasteiger partial charge in [0.15, 0.2) is 0 Å². The largest absolute Gasteiger partial charge is 0.309 e. The first-order valence-corrected chi connectivity index (χ1v) is 8.80. The Bertz CT molecular complexity index is 427. The minimum absolute atomic E-state index is 0.401. The van der Waals surface area contributed by atoms with Gasteiger partial charge in [-0.25, -0.2) is 0 Å². The van der Waals surface area contributed by atoms with Gasteiger partial charge in [0.25, 0.3) is 0 Å². The van der Waals surface area contributed by atoms with Crippen molar-refractivity contribution in [1.82, 2.24) is 15.1 Å². The van der Waals surface area contributed by atoms with E-state index in [9.17, 15) is 0 Å². The Morgan fingerprint density at radius 1 is 1.45 bits per heavy atom. The molecule has 3 atom stereocenters. The van der Waals surface area contributed by atoms with Crippen LogP contribution in [0.15, 0.2) is 10.7 Å². The van der Waals surface area contributed by atoms with E-state index in [4.69, 9.17) is 0 Å². The third-order valence-corrected chi connectivity index (χ3v) is 5.05. The van der Waals surface area contributed by atoms with Gasteiger partial charge in [0.05, 0.1) is 22.4 Å². The van der Waals surface area contributed by atoms with Gasteiger partial charge >= 0.3 is 0 Å². The molecule has 1 aliphatic carbocycles. The second-order valence-corrected chi connectivity index (χ2v) is 7.34. The minimum atomic E-state index is 0.401. The lowest BCUT2D eigenvalue weighted by Crippen LogP contribution is -2.33. The van der Waals surface area contributed by atoms with Crippen LogP contribution in [0.1, 0.15) is 71.2 Å². The summed E-state index contributed by atoms with van der Waals surface area (Å²) >= 11 is 3.71. The topological polar surface area (TPSA) is 29.9 Å². The molecule has 0 amide bonds. The van der Waals surface area contributed by atoms with E-state index in [0.717, 1.165) is 22.9 Å². The van der Waals surface area contributed by atoms with Crippen molar-refractivity contribution in [2.45, 2.75) is 65.5 Å². The van der Waals surface area contributed by atoms with Crippen LogP contribution in [0.25, 0.3) is 0 Å². The molecule has 1 aliphatic rings. The Hall–Kier alpha value is -0.350. The summed E-state index contributed by atoms with van der Waals surface area (Å²) in [7, 11) is 0. The molecule has 0 aromatic carbocycles. The van der Waals surface area contributed by atoms with E-state index in [-0.39, 0.29) is 0 Å². The average molecular weight is 342 g/mol. The molecule has 0 aliphatic heterocycles. The van der Waals surface area contributed by atoms with Gasteiger partial charge in [-0.05, 0) is 61.0 Å². The molecule has 20 heavy (non-hydrogen) atoms. The molecule has 2 rings (SSSR count). The molecule has 1 aromatic heterocycles. The Morgan fingerprint density at radius 2 is 2.20 bits per heavy atom. The van der Waals surface area contributed by atoms with Crippen molar-refractivity contribution in [3.8, 4) is 0 Å². The van der Waals surface area contributed by atoms with E-state index in [1.807, 2.05) is 6.20 Å². The van der Waals surface area contributed by atoms with Gasteiger partial charge in [-0.15, -0.1) is 0 Å². The Morgan fingerprint density at radius 3 is 2.80 bits per heavy atom. The summed E-state index contributed by atoms with van der Waals surface area (Å²) in [5.74, 6) is 1.58. The van der Waals surface area contributed by atoms with Gasteiger partial charge in [-0.1, -0.05) is 26.7 Å². The predicted octanol–water partition coefficient (Wildman–Crippen LogP) is 4.70. The molecule has 1 N–H and O–H groups in total. The Labute approximate surface area is 131 Å². The summed E-state index contributed by atoms with van der Waals surface area (Å²) in [6.45, 7) is 10.0. The summed E-state index contributed by atoms with van der Waals surface area (Å²) in [4.78, 5) is 0. The highest BCUT2D eigenvalue weighted by Gasteiger charge is 2.31. The van der Waals surface area contributed by atoms with Gasteiger partial charge in [0.1, 0.15) is 0 Å². The van der Waals surface area contributed by atoms with E-state index in [0.29, 0.717) is 12.1 Å². The number of rotatable bonds is 5. The zero-order valence-electron chi connectivity index (χ0n) is 13.2. The summed E-state index contributed by atoms with van der Waals surface area (Å²) in [5.41, 5.74) is 1.33. The molecule has 1 fully saturated rings. The number of aromatic nitrogens is 2. The third kappa shape index (κ3) is 3.45. The van der Waals surface area contributed by atoms with Crippen LogP contribution in [0.5, 0.6) is 0 Å². The molecule has 3 nitrogen and oxygen atoms in total. The van der Waals surface area contributed by atoms with Crippen molar-refractivity contribution in [2.75, 3.05) is 6.54 Å². The molecule has 114 valence electrons. The van der Waals surface area contributed by atoms with Crippen molar-refractivity contribution in [2.24, 2.45) is 11.8 Å². The van der Waals surface area contributed by atoms with Crippen LogP contribution in [0.4, 0.5) is 0 Å².